The van der Waals surface area contributed by atoms with E-state index in [0.717, 1.165) is 10.9 Å². The van der Waals surface area contributed by atoms with E-state index < -0.39 is 0 Å². The number of methoxy groups -OCH3 is 1. The average molecular weight is 450 g/mol. The highest BCUT2D eigenvalue weighted by molar-refractivity contribution is 9.10. The molecule has 0 aliphatic rings. The van der Waals surface area contributed by atoms with Gasteiger partial charge in [-0.15, -0.1) is 0 Å². The predicted octanol–water partition coefficient (Wildman–Crippen LogP) is 3.34. The summed E-state index contributed by atoms with van der Waals surface area (Å²) in [5.41, 5.74) is 1.42. The van der Waals surface area contributed by atoms with Gasteiger partial charge in [0.1, 0.15) is 0 Å². The number of rotatable bonds is 7. The summed E-state index contributed by atoms with van der Waals surface area (Å²) in [4.78, 5) is 24.6. The first-order valence-corrected chi connectivity index (χ1v) is 9.45. The Hall–Kier alpha value is -2.29. The van der Waals surface area contributed by atoms with Crippen LogP contribution >= 0.6 is 28.1 Å². The zero-order chi connectivity index (χ0) is 19.6. The van der Waals surface area contributed by atoms with Gasteiger partial charge in [0.25, 0.3) is 11.8 Å². The third-order valence-electron chi connectivity index (χ3n) is 3.54. The van der Waals surface area contributed by atoms with Crippen LogP contribution in [0.5, 0.6) is 0 Å². The molecule has 0 unspecified atom stereocenters. The van der Waals surface area contributed by atoms with Gasteiger partial charge in [-0.1, -0.05) is 34.1 Å². The second-order valence-electron chi connectivity index (χ2n) is 5.57. The summed E-state index contributed by atoms with van der Waals surface area (Å²) in [6.07, 6.45) is 0.721. The molecule has 0 heterocycles. The molecule has 3 N–H and O–H groups in total. The zero-order valence-electron chi connectivity index (χ0n) is 14.8. The summed E-state index contributed by atoms with van der Waals surface area (Å²) in [5, 5.41) is 8.46. The standard InChI is InChI=1S/C19H20BrN3O3S/c1-26-11-5-10-21-18(25)15-8-2-3-9-16(15)22-19(27)23-17(24)13-6-4-7-14(20)12-13/h2-4,6-9,12H,5,10-11H2,1H3,(H,21,25)(H2,22,23,24,27). The third-order valence-corrected chi connectivity index (χ3v) is 4.24. The van der Waals surface area contributed by atoms with Crippen LogP contribution in [0.2, 0.25) is 0 Å². The fraction of sp³-hybridized carbons (Fsp3) is 0.211. The van der Waals surface area contributed by atoms with Crippen LogP contribution in [0.4, 0.5) is 5.69 Å². The molecule has 8 heteroatoms. The van der Waals surface area contributed by atoms with Gasteiger partial charge in [-0.25, -0.2) is 0 Å². The van der Waals surface area contributed by atoms with Gasteiger partial charge < -0.3 is 15.4 Å². The molecule has 0 aliphatic heterocycles. The lowest BCUT2D eigenvalue weighted by atomic mass is 10.1. The smallest absolute Gasteiger partial charge is 0.257 e. The quantitative estimate of drug-likeness (QED) is 0.446. The highest BCUT2D eigenvalue weighted by Gasteiger charge is 2.13. The Morgan fingerprint density at radius 1 is 1.11 bits per heavy atom. The van der Waals surface area contributed by atoms with Crippen molar-refractivity contribution in [1.82, 2.24) is 10.6 Å². The van der Waals surface area contributed by atoms with Crippen molar-refractivity contribution in [1.29, 1.82) is 0 Å². The topological polar surface area (TPSA) is 79.5 Å². The van der Waals surface area contributed by atoms with Gasteiger partial charge in [0.15, 0.2) is 5.11 Å². The fourth-order valence-corrected chi connectivity index (χ4v) is 2.86. The van der Waals surface area contributed by atoms with E-state index in [0.29, 0.717) is 30.0 Å². The molecular weight excluding hydrogens is 430 g/mol. The first-order valence-electron chi connectivity index (χ1n) is 8.25. The minimum Gasteiger partial charge on any atom is -0.385 e. The van der Waals surface area contributed by atoms with Crippen LogP contribution in [0.25, 0.3) is 0 Å². The number of hydrogen-bond acceptors (Lipinski definition) is 4. The summed E-state index contributed by atoms with van der Waals surface area (Å²) >= 11 is 8.54. The van der Waals surface area contributed by atoms with Crippen LogP contribution in [0.15, 0.2) is 53.0 Å². The molecule has 2 rings (SSSR count). The maximum Gasteiger partial charge on any atom is 0.257 e. The van der Waals surface area contributed by atoms with Gasteiger partial charge in [0.2, 0.25) is 0 Å². The van der Waals surface area contributed by atoms with Crippen LogP contribution in [-0.2, 0) is 4.74 Å². The molecule has 0 saturated heterocycles. The van der Waals surface area contributed by atoms with Crippen molar-refractivity contribution in [3.8, 4) is 0 Å². The number of carbonyl (C=O) groups is 2. The Morgan fingerprint density at radius 2 is 1.89 bits per heavy atom. The van der Waals surface area contributed by atoms with E-state index in [9.17, 15) is 9.59 Å². The maximum atomic E-state index is 12.4. The number of amides is 2. The maximum absolute atomic E-state index is 12.4. The minimum absolute atomic E-state index is 0.111. The number of ether oxygens (including phenoxy) is 1. The zero-order valence-corrected chi connectivity index (χ0v) is 17.2. The number of halogens is 1. The molecule has 2 amide bonds. The Balaban J connectivity index is 1.99. The Bertz CT molecular complexity index is 829. The van der Waals surface area contributed by atoms with Crippen LogP contribution in [0.1, 0.15) is 27.1 Å². The van der Waals surface area contributed by atoms with Gasteiger partial charge >= 0.3 is 0 Å². The van der Waals surface area contributed by atoms with E-state index in [4.69, 9.17) is 17.0 Å². The van der Waals surface area contributed by atoms with Gasteiger partial charge in [-0.05, 0) is 49.0 Å². The lowest BCUT2D eigenvalue weighted by Crippen LogP contribution is -2.35. The SMILES string of the molecule is COCCCNC(=O)c1ccccc1NC(=S)NC(=O)c1cccc(Br)c1. The number of nitrogens with one attached hydrogen (secondary N) is 3. The lowest BCUT2D eigenvalue weighted by Gasteiger charge is -2.13. The van der Waals surface area contributed by atoms with Crippen molar-refractivity contribution < 1.29 is 14.3 Å². The Morgan fingerprint density at radius 3 is 2.63 bits per heavy atom. The minimum atomic E-state index is -0.338. The number of carbonyl (C=O) groups excluding carboxylic acids is 2. The van der Waals surface area contributed by atoms with Crippen LogP contribution < -0.4 is 16.0 Å². The molecule has 0 radical (unpaired) electrons. The van der Waals surface area contributed by atoms with Gasteiger partial charge in [-0.2, -0.15) is 0 Å². The number of anilines is 1. The van der Waals surface area contributed by atoms with E-state index in [1.165, 1.54) is 0 Å². The Kier molecular flexibility index (Phi) is 8.38. The van der Waals surface area contributed by atoms with Gasteiger partial charge in [0, 0.05) is 30.3 Å². The number of hydrogen-bond donors (Lipinski definition) is 3. The summed E-state index contributed by atoms with van der Waals surface area (Å²) in [6.45, 7) is 1.08. The van der Waals surface area contributed by atoms with Crippen molar-refractivity contribution in [3.05, 3.63) is 64.1 Å². The van der Waals surface area contributed by atoms with E-state index in [2.05, 4.69) is 31.9 Å². The van der Waals surface area contributed by atoms with Crippen molar-refractivity contribution in [3.63, 3.8) is 0 Å². The van der Waals surface area contributed by atoms with Crippen LogP contribution in [-0.4, -0.2) is 37.2 Å². The van der Waals surface area contributed by atoms with Gasteiger partial charge in [-0.3, -0.25) is 14.9 Å². The van der Waals surface area contributed by atoms with E-state index in [-0.39, 0.29) is 16.9 Å². The third kappa shape index (κ3) is 6.74. The molecular formula is C19H20BrN3O3S. The molecule has 142 valence electrons. The van der Waals surface area contributed by atoms with Crippen molar-refractivity contribution in [2.75, 3.05) is 25.6 Å². The normalized spacial score (nSPS) is 10.1. The van der Waals surface area contributed by atoms with Gasteiger partial charge in [0.05, 0.1) is 11.3 Å². The summed E-state index contributed by atoms with van der Waals surface area (Å²) in [6, 6.07) is 13.9. The fourth-order valence-electron chi connectivity index (χ4n) is 2.26. The average Bonchev–Trinajstić information content (AvgIpc) is 2.65. The summed E-state index contributed by atoms with van der Waals surface area (Å²) in [5.74, 6) is -0.564. The molecule has 0 saturated carbocycles. The predicted molar refractivity (Wildman–Crippen MR) is 113 cm³/mol. The summed E-state index contributed by atoms with van der Waals surface area (Å²) < 4.78 is 5.76. The van der Waals surface area contributed by atoms with Crippen molar-refractivity contribution in [2.24, 2.45) is 0 Å². The molecule has 0 spiro atoms. The number of benzene rings is 2. The first kappa shape index (κ1) is 21.0. The molecule has 2 aromatic carbocycles. The van der Waals surface area contributed by atoms with Crippen LogP contribution in [0, 0.1) is 0 Å². The molecule has 6 nitrogen and oxygen atoms in total. The van der Waals surface area contributed by atoms with E-state index in [1.807, 2.05) is 6.07 Å². The number of para-hydroxylation sites is 1. The summed E-state index contributed by atoms with van der Waals surface area (Å²) in [7, 11) is 1.62. The molecule has 0 fully saturated rings. The highest BCUT2D eigenvalue weighted by atomic mass is 79.9. The lowest BCUT2D eigenvalue weighted by molar-refractivity contribution is 0.0947. The monoisotopic (exact) mass is 449 g/mol. The van der Waals surface area contributed by atoms with E-state index in [1.54, 1.807) is 49.6 Å². The van der Waals surface area contributed by atoms with Crippen LogP contribution in [0.3, 0.4) is 0 Å². The van der Waals surface area contributed by atoms with E-state index >= 15 is 0 Å². The second kappa shape index (κ2) is 10.8. The van der Waals surface area contributed by atoms with Crippen molar-refractivity contribution >= 4 is 50.8 Å². The molecule has 0 aromatic heterocycles. The second-order valence-corrected chi connectivity index (χ2v) is 6.89. The molecule has 0 atom stereocenters. The molecule has 0 aliphatic carbocycles. The molecule has 2 aromatic rings. The largest absolute Gasteiger partial charge is 0.385 e. The molecule has 0 bridgehead atoms. The number of thiocarbonyl (C=S) groups is 1. The Labute approximate surface area is 171 Å². The first-order chi connectivity index (χ1) is 13.0. The molecule has 27 heavy (non-hydrogen) atoms. The van der Waals surface area contributed by atoms with Crippen molar-refractivity contribution in [2.45, 2.75) is 6.42 Å². The highest BCUT2D eigenvalue weighted by Crippen LogP contribution is 2.15.